The number of hydrogen-bond acceptors (Lipinski definition) is 2. The minimum atomic E-state index is 0.714. The maximum Gasteiger partial charge on any atom is 0.0645 e. The first kappa shape index (κ1) is 11.9. The van der Waals surface area contributed by atoms with Crippen LogP contribution in [0.4, 0.5) is 0 Å². The SMILES string of the molecule is CC.CCCCN(C)C1COC1. The van der Waals surface area contributed by atoms with Crippen molar-refractivity contribution in [2.75, 3.05) is 26.8 Å². The Balaban J connectivity index is 0.000000561. The van der Waals surface area contributed by atoms with Crippen molar-refractivity contribution in [1.82, 2.24) is 4.90 Å². The first-order chi connectivity index (χ1) is 5.84. The zero-order valence-electron chi connectivity index (χ0n) is 8.97. The monoisotopic (exact) mass is 173 g/mol. The van der Waals surface area contributed by atoms with E-state index in [0.29, 0.717) is 6.04 Å². The van der Waals surface area contributed by atoms with Crippen molar-refractivity contribution in [3.63, 3.8) is 0 Å². The topological polar surface area (TPSA) is 12.5 Å². The molecule has 0 N–H and O–H groups in total. The van der Waals surface area contributed by atoms with Crippen molar-refractivity contribution >= 4 is 0 Å². The summed E-state index contributed by atoms with van der Waals surface area (Å²) in [6, 6.07) is 0.714. The summed E-state index contributed by atoms with van der Waals surface area (Å²) in [5.74, 6) is 0. The highest BCUT2D eigenvalue weighted by atomic mass is 16.5. The number of rotatable bonds is 4. The Kier molecular flexibility index (Phi) is 7.51. The van der Waals surface area contributed by atoms with Gasteiger partial charge in [0.15, 0.2) is 0 Å². The molecule has 1 heterocycles. The Morgan fingerprint density at radius 1 is 1.33 bits per heavy atom. The van der Waals surface area contributed by atoms with Crippen molar-refractivity contribution in [3.05, 3.63) is 0 Å². The quantitative estimate of drug-likeness (QED) is 0.646. The second-order valence-electron chi connectivity index (χ2n) is 3.03. The van der Waals surface area contributed by atoms with Gasteiger partial charge < -0.3 is 4.74 Å². The van der Waals surface area contributed by atoms with Gasteiger partial charge in [-0.25, -0.2) is 0 Å². The van der Waals surface area contributed by atoms with Crippen molar-refractivity contribution in [3.8, 4) is 0 Å². The van der Waals surface area contributed by atoms with Crippen molar-refractivity contribution < 1.29 is 4.74 Å². The van der Waals surface area contributed by atoms with Crippen LogP contribution in [0.1, 0.15) is 33.6 Å². The van der Waals surface area contributed by atoms with Crippen molar-refractivity contribution in [2.24, 2.45) is 0 Å². The number of hydrogen-bond donors (Lipinski definition) is 0. The molecule has 0 aromatic carbocycles. The molecule has 0 amide bonds. The number of ether oxygens (including phenoxy) is 1. The predicted molar refractivity (Wildman–Crippen MR) is 53.5 cm³/mol. The van der Waals surface area contributed by atoms with Gasteiger partial charge in [-0.3, -0.25) is 4.90 Å². The predicted octanol–water partition coefficient (Wildman–Crippen LogP) is 2.14. The molecule has 1 fully saturated rings. The molecule has 1 aliphatic rings. The first-order valence-corrected chi connectivity index (χ1v) is 5.12. The fourth-order valence-electron chi connectivity index (χ4n) is 1.07. The summed E-state index contributed by atoms with van der Waals surface area (Å²) in [5.41, 5.74) is 0. The normalized spacial score (nSPS) is 16.8. The molecule has 0 atom stereocenters. The molecule has 74 valence electrons. The molecule has 0 bridgehead atoms. The van der Waals surface area contributed by atoms with E-state index < -0.39 is 0 Å². The molecule has 1 aliphatic heterocycles. The van der Waals surface area contributed by atoms with Gasteiger partial charge in [0.2, 0.25) is 0 Å². The maximum absolute atomic E-state index is 5.09. The van der Waals surface area contributed by atoms with E-state index in [2.05, 4.69) is 18.9 Å². The Morgan fingerprint density at radius 3 is 2.25 bits per heavy atom. The summed E-state index contributed by atoms with van der Waals surface area (Å²) in [6.07, 6.45) is 2.60. The summed E-state index contributed by atoms with van der Waals surface area (Å²) in [5, 5.41) is 0. The van der Waals surface area contributed by atoms with E-state index in [1.165, 1.54) is 19.4 Å². The molecule has 0 unspecified atom stereocenters. The average molecular weight is 173 g/mol. The van der Waals surface area contributed by atoms with Crippen LogP contribution in [0.15, 0.2) is 0 Å². The summed E-state index contributed by atoms with van der Waals surface area (Å²) in [7, 11) is 2.18. The third-order valence-corrected chi connectivity index (χ3v) is 2.11. The fourth-order valence-corrected chi connectivity index (χ4v) is 1.07. The van der Waals surface area contributed by atoms with Crippen LogP contribution < -0.4 is 0 Å². The Labute approximate surface area is 76.9 Å². The lowest BCUT2D eigenvalue weighted by Gasteiger charge is -2.34. The van der Waals surface area contributed by atoms with E-state index in [1.54, 1.807) is 0 Å². The number of unbranched alkanes of at least 4 members (excludes halogenated alkanes) is 1. The van der Waals surface area contributed by atoms with E-state index in [9.17, 15) is 0 Å². The standard InChI is InChI=1S/C8H17NO.C2H6/c1-3-4-5-9(2)8-6-10-7-8;1-2/h8H,3-7H2,1-2H3;1-2H3. The Morgan fingerprint density at radius 2 is 1.92 bits per heavy atom. The zero-order chi connectivity index (χ0) is 9.40. The minimum Gasteiger partial charge on any atom is -0.378 e. The van der Waals surface area contributed by atoms with Crippen LogP contribution >= 0.6 is 0 Å². The van der Waals surface area contributed by atoms with Gasteiger partial charge in [0.25, 0.3) is 0 Å². The van der Waals surface area contributed by atoms with Crippen LogP contribution in [0.2, 0.25) is 0 Å². The van der Waals surface area contributed by atoms with Gasteiger partial charge in [-0.2, -0.15) is 0 Å². The molecular formula is C10H23NO. The molecule has 0 saturated carbocycles. The largest absolute Gasteiger partial charge is 0.378 e. The van der Waals surface area contributed by atoms with Crippen LogP contribution in [0.3, 0.4) is 0 Å². The van der Waals surface area contributed by atoms with Gasteiger partial charge in [-0.05, 0) is 20.0 Å². The Bertz CT molecular complexity index is 91.8. The summed E-state index contributed by atoms with van der Waals surface area (Å²) in [6.45, 7) is 9.34. The van der Waals surface area contributed by atoms with Gasteiger partial charge >= 0.3 is 0 Å². The number of likely N-dealkylation sites (N-methyl/N-ethyl adjacent to an activating group) is 1. The average Bonchev–Trinajstić information content (AvgIpc) is 2.01. The van der Waals surface area contributed by atoms with E-state index >= 15 is 0 Å². The molecule has 0 spiro atoms. The third-order valence-electron chi connectivity index (χ3n) is 2.11. The van der Waals surface area contributed by atoms with Crippen molar-refractivity contribution in [2.45, 2.75) is 39.7 Å². The molecule has 0 aliphatic carbocycles. The zero-order valence-corrected chi connectivity index (χ0v) is 8.97. The Hall–Kier alpha value is -0.0800. The van der Waals surface area contributed by atoms with E-state index in [4.69, 9.17) is 4.74 Å². The highest BCUT2D eigenvalue weighted by molar-refractivity contribution is 4.74. The molecule has 12 heavy (non-hydrogen) atoms. The molecule has 1 rings (SSSR count). The highest BCUT2D eigenvalue weighted by Crippen LogP contribution is 2.08. The lowest BCUT2D eigenvalue weighted by molar-refractivity contribution is -0.0561. The van der Waals surface area contributed by atoms with Crippen molar-refractivity contribution in [1.29, 1.82) is 0 Å². The third kappa shape index (κ3) is 4.07. The van der Waals surface area contributed by atoms with E-state index in [-0.39, 0.29) is 0 Å². The molecule has 0 aromatic rings. The van der Waals surface area contributed by atoms with E-state index in [0.717, 1.165) is 13.2 Å². The summed E-state index contributed by atoms with van der Waals surface area (Å²) >= 11 is 0. The van der Waals surface area contributed by atoms with Crippen LogP contribution in [-0.4, -0.2) is 37.7 Å². The van der Waals surface area contributed by atoms with Gasteiger partial charge in [0.1, 0.15) is 0 Å². The van der Waals surface area contributed by atoms with Gasteiger partial charge in [0, 0.05) is 0 Å². The molecular weight excluding hydrogens is 150 g/mol. The smallest absolute Gasteiger partial charge is 0.0645 e. The number of nitrogens with zero attached hydrogens (tertiary/aromatic N) is 1. The highest BCUT2D eigenvalue weighted by Gasteiger charge is 2.21. The van der Waals surface area contributed by atoms with Gasteiger partial charge in [-0.1, -0.05) is 27.2 Å². The minimum absolute atomic E-state index is 0.714. The lowest BCUT2D eigenvalue weighted by Crippen LogP contribution is -2.47. The van der Waals surface area contributed by atoms with Crippen LogP contribution in [0.5, 0.6) is 0 Å². The molecule has 1 saturated heterocycles. The second kappa shape index (κ2) is 7.56. The molecule has 2 heteroatoms. The molecule has 2 nitrogen and oxygen atoms in total. The summed E-state index contributed by atoms with van der Waals surface area (Å²) < 4.78 is 5.09. The summed E-state index contributed by atoms with van der Waals surface area (Å²) in [4.78, 5) is 2.40. The maximum atomic E-state index is 5.09. The lowest BCUT2D eigenvalue weighted by atomic mass is 10.2. The molecule has 0 aromatic heterocycles. The fraction of sp³-hybridized carbons (Fsp3) is 1.00. The van der Waals surface area contributed by atoms with Crippen LogP contribution in [0, 0.1) is 0 Å². The first-order valence-electron chi connectivity index (χ1n) is 5.12. The van der Waals surface area contributed by atoms with E-state index in [1.807, 2.05) is 13.8 Å². The second-order valence-corrected chi connectivity index (χ2v) is 3.03. The van der Waals surface area contributed by atoms with Crippen LogP contribution in [0.25, 0.3) is 0 Å². The van der Waals surface area contributed by atoms with Crippen LogP contribution in [-0.2, 0) is 4.74 Å². The van der Waals surface area contributed by atoms with Gasteiger partial charge in [0.05, 0.1) is 19.3 Å². The molecule has 0 radical (unpaired) electrons. The van der Waals surface area contributed by atoms with Gasteiger partial charge in [-0.15, -0.1) is 0 Å².